The molecule has 0 saturated carbocycles. The molecule has 0 spiro atoms. The molecule has 0 aliphatic rings. The van der Waals surface area contributed by atoms with Crippen LogP contribution in [-0.4, -0.2) is 24.5 Å². The van der Waals surface area contributed by atoms with Crippen LogP contribution >= 0.6 is 0 Å². The molecule has 0 N–H and O–H groups in total. The predicted octanol–water partition coefficient (Wildman–Crippen LogP) is 6.28. The fourth-order valence-electron chi connectivity index (χ4n) is 3.14. The van der Waals surface area contributed by atoms with E-state index >= 15 is 0 Å². The Labute approximate surface area is 129 Å². The number of nitrogens with zero attached hydrogens (tertiary/aromatic N) is 1. The molecule has 0 rings (SSSR count). The SMILES string of the molecule is CCCCCCC(C)(CCCC)CN(CC)CCCC. The third-order valence-corrected chi connectivity index (χ3v) is 4.65. The Morgan fingerprint density at radius 2 is 1.30 bits per heavy atom. The van der Waals surface area contributed by atoms with E-state index in [9.17, 15) is 0 Å². The van der Waals surface area contributed by atoms with E-state index in [0.29, 0.717) is 5.41 Å². The summed E-state index contributed by atoms with van der Waals surface area (Å²) in [7, 11) is 0. The summed E-state index contributed by atoms with van der Waals surface area (Å²) >= 11 is 0. The monoisotopic (exact) mass is 283 g/mol. The lowest BCUT2D eigenvalue weighted by Crippen LogP contribution is -2.36. The topological polar surface area (TPSA) is 3.24 Å². The molecule has 0 heterocycles. The number of unbranched alkanes of at least 4 members (excludes halogenated alkanes) is 5. The summed E-state index contributed by atoms with van der Waals surface area (Å²) in [6.45, 7) is 15.6. The Balaban J connectivity index is 4.32. The van der Waals surface area contributed by atoms with Crippen LogP contribution in [0.25, 0.3) is 0 Å². The van der Waals surface area contributed by atoms with Gasteiger partial charge in [0.2, 0.25) is 0 Å². The van der Waals surface area contributed by atoms with Crippen molar-refractivity contribution in [2.75, 3.05) is 19.6 Å². The molecule has 1 unspecified atom stereocenters. The average Bonchev–Trinajstić information content (AvgIpc) is 2.46. The molecule has 0 aliphatic heterocycles. The molecule has 0 aromatic carbocycles. The zero-order chi connectivity index (χ0) is 15.3. The van der Waals surface area contributed by atoms with Crippen LogP contribution in [0.4, 0.5) is 0 Å². The van der Waals surface area contributed by atoms with Crippen molar-refractivity contribution in [3.05, 3.63) is 0 Å². The van der Waals surface area contributed by atoms with Crippen molar-refractivity contribution in [1.29, 1.82) is 0 Å². The average molecular weight is 284 g/mol. The van der Waals surface area contributed by atoms with Crippen LogP contribution in [0.15, 0.2) is 0 Å². The quantitative estimate of drug-likeness (QED) is 0.339. The molecule has 0 aliphatic carbocycles. The maximum Gasteiger partial charge on any atom is 0.00352 e. The molecule has 0 saturated heterocycles. The van der Waals surface area contributed by atoms with Gasteiger partial charge in [0.25, 0.3) is 0 Å². The second-order valence-corrected chi connectivity index (χ2v) is 6.95. The van der Waals surface area contributed by atoms with Crippen molar-refractivity contribution >= 4 is 0 Å². The zero-order valence-electron chi connectivity index (χ0n) is 15.1. The summed E-state index contributed by atoms with van der Waals surface area (Å²) in [5, 5.41) is 0. The second-order valence-electron chi connectivity index (χ2n) is 6.95. The first-order valence-electron chi connectivity index (χ1n) is 9.34. The Morgan fingerprint density at radius 1 is 0.700 bits per heavy atom. The fraction of sp³-hybridized carbons (Fsp3) is 1.00. The van der Waals surface area contributed by atoms with Gasteiger partial charge >= 0.3 is 0 Å². The number of hydrogen-bond donors (Lipinski definition) is 0. The summed E-state index contributed by atoms with van der Waals surface area (Å²) in [6.07, 6.45) is 13.9. The Bertz CT molecular complexity index is 202. The van der Waals surface area contributed by atoms with Crippen LogP contribution in [0.5, 0.6) is 0 Å². The molecule has 0 bridgehead atoms. The highest BCUT2D eigenvalue weighted by atomic mass is 15.1. The van der Waals surface area contributed by atoms with Crippen LogP contribution in [0.1, 0.15) is 98.8 Å². The molecule has 0 amide bonds. The molecule has 1 nitrogen and oxygen atoms in total. The minimum absolute atomic E-state index is 0.549. The van der Waals surface area contributed by atoms with Gasteiger partial charge in [-0.25, -0.2) is 0 Å². The van der Waals surface area contributed by atoms with Gasteiger partial charge in [-0.05, 0) is 37.8 Å². The third-order valence-electron chi connectivity index (χ3n) is 4.65. The number of rotatable bonds is 14. The lowest BCUT2D eigenvalue weighted by molar-refractivity contribution is 0.141. The van der Waals surface area contributed by atoms with Crippen LogP contribution in [0, 0.1) is 5.41 Å². The second kappa shape index (κ2) is 12.7. The molecular formula is C19H41N. The van der Waals surface area contributed by atoms with Crippen LogP contribution in [0.2, 0.25) is 0 Å². The van der Waals surface area contributed by atoms with Gasteiger partial charge < -0.3 is 4.90 Å². The van der Waals surface area contributed by atoms with Gasteiger partial charge in [-0.1, -0.05) is 79.6 Å². The van der Waals surface area contributed by atoms with Crippen LogP contribution < -0.4 is 0 Å². The first-order chi connectivity index (χ1) is 9.61. The Morgan fingerprint density at radius 3 is 1.85 bits per heavy atom. The number of hydrogen-bond acceptors (Lipinski definition) is 1. The van der Waals surface area contributed by atoms with Crippen molar-refractivity contribution < 1.29 is 0 Å². The van der Waals surface area contributed by atoms with E-state index in [1.54, 1.807) is 0 Å². The van der Waals surface area contributed by atoms with Gasteiger partial charge in [0.15, 0.2) is 0 Å². The van der Waals surface area contributed by atoms with Gasteiger partial charge in [-0.3, -0.25) is 0 Å². The molecule has 0 radical (unpaired) electrons. The minimum Gasteiger partial charge on any atom is -0.303 e. The highest BCUT2D eigenvalue weighted by Gasteiger charge is 2.25. The van der Waals surface area contributed by atoms with Crippen molar-refractivity contribution in [2.45, 2.75) is 98.8 Å². The third kappa shape index (κ3) is 9.80. The van der Waals surface area contributed by atoms with E-state index in [1.165, 1.54) is 83.8 Å². The highest BCUT2D eigenvalue weighted by Crippen LogP contribution is 2.32. The largest absolute Gasteiger partial charge is 0.303 e. The van der Waals surface area contributed by atoms with E-state index < -0.39 is 0 Å². The van der Waals surface area contributed by atoms with E-state index in [2.05, 4.69) is 39.5 Å². The molecule has 0 fully saturated rings. The van der Waals surface area contributed by atoms with E-state index in [0.717, 1.165) is 0 Å². The summed E-state index contributed by atoms with van der Waals surface area (Å²) in [4.78, 5) is 2.69. The maximum atomic E-state index is 2.69. The lowest BCUT2D eigenvalue weighted by atomic mass is 9.79. The van der Waals surface area contributed by atoms with Gasteiger partial charge in [0, 0.05) is 6.54 Å². The van der Waals surface area contributed by atoms with Gasteiger partial charge in [0.05, 0.1) is 0 Å². The Hall–Kier alpha value is -0.0400. The Kier molecular flexibility index (Phi) is 12.7. The lowest BCUT2D eigenvalue weighted by Gasteiger charge is -2.35. The van der Waals surface area contributed by atoms with Crippen LogP contribution in [-0.2, 0) is 0 Å². The maximum absolute atomic E-state index is 2.69. The standard InChI is InChI=1S/C19H41N/c1-6-10-13-14-16-19(5,15-11-7-2)18-20(9-4)17-12-8-3/h6-18H2,1-5H3. The highest BCUT2D eigenvalue weighted by molar-refractivity contribution is 4.78. The summed E-state index contributed by atoms with van der Waals surface area (Å²) in [6, 6.07) is 0. The smallest absolute Gasteiger partial charge is 0.00352 e. The molecule has 122 valence electrons. The summed E-state index contributed by atoms with van der Waals surface area (Å²) < 4.78 is 0. The van der Waals surface area contributed by atoms with Crippen molar-refractivity contribution in [3.8, 4) is 0 Å². The molecule has 1 heteroatoms. The van der Waals surface area contributed by atoms with Crippen molar-refractivity contribution in [1.82, 2.24) is 4.90 Å². The normalized spacial score (nSPS) is 14.7. The first-order valence-corrected chi connectivity index (χ1v) is 9.34. The summed E-state index contributed by atoms with van der Waals surface area (Å²) in [5.41, 5.74) is 0.549. The van der Waals surface area contributed by atoms with E-state index in [-0.39, 0.29) is 0 Å². The molecule has 0 aromatic heterocycles. The van der Waals surface area contributed by atoms with E-state index in [1.807, 2.05) is 0 Å². The zero-order valence-corrected chi connectivity index (χ0v) is 15.1. The fourth-order valence-corrected chi connectivity index (χ4v) is 3.14. The molecule has 0 aromatic rings. The van der Waals surface area contributed by atoms with Crippen molar-refractivity contribution in [2.24, 2.45) is 5.41 Å². The van der Waals surface area contributed by atoms with Gasteiger partial charge in [-0.2, -0.15) is 0 Å². The van der Waals surface area contributed by atoms with Crippen molar-refractivity contribution in [3.63, 3.8) is 0 Å². The predicted molar refractivity (Wildman–Crippen MR) is 93.4 cm³/mol. The first kappa shape index (κ1) is 20.0. The van der Waals surface area contributed by atoms with Gasteiger partial charge in [0.1, 0.15) is 0 Å². The summed E-state index contributed by atoms with van der Waals surface area (Å²) in [5.74, 6) is 0. The molecular weight excluding hydrogens is 242 g/mol. The van der Waals surface area contributed by atoms with Gasteiger partial charge in [-0.15, -0.1) is 0 Å². The minimum atomic E-state index is 0.549. The van der Waals surface area contributed by atoms with Crippen LogP contribution in [0.3, 0.4) is 0 Å². The van der Waals surface area contributed by atoms with E-state index in [4.69, 9.17) is 0 Å². The molecule has 20 heavy (non-hydrogen) atoms. The molecule has 1 atom stereocenters.